The van der Waals surface area contributed by atoms with Gasteiger partial charge in [0.05, 0.1) is 4.34 Å². The zero-order chi connectivity index (χ0) is 14.0. The maximum absolute atomic E-state index is 12.5. The van der Waals surface area contributed by atoms with E-state index in [9.17, 15) is 8.42 Å². The van der Waals surface area contributed by atoms with Crippen LogP contribution in [-0.2, 0) is 16.6 Å². The minimum atomic E-state index is -3.40. The molecule has 0 aromatic carbocycles. The lowest BCUT2D eigenvalue weighted by atomic mass is 10.4. The quantitative estimate of drug-likeness (QED) is 0.828. The Hall–Kier alpha value is -0.400. The van der Waals surface area contributed by atoms with Crippen LogP contribution in [0.15, 0.2) is 28.5 Å². The first-order chi connectivity index (χ1) is 8.93. The summed E-state index contributed by atoms with van der Waals surface area (Å²) in [6.45, 7) is 4.55. The van der Waals surface area contributed by atoms with Crippen molar-refractivity contribution in [2.75, 3.05) is 6.54 Å². The Morgan fingerprint density at radius 3 is 2.42 bits per heavy atom. The van der Waals surface area contributed by atoms with Gasteiger partial charge >= 0.3 is 0 Å². The van der Waals surface area contributed by atoms with E-state index in [0.29, 0.717) is 21.6 Å². The van der Waals surface area contributed by atoms with Gasteiger partial charge in [0.15, 0.2) is 0 Å². The van der Waals surface area contributed by atoms with Gasteiger partial charge < -0.3 is 0 Å². The number of rotatable bonds is 5. The van der Waals surface area contributed by atoms with Crippen LogP contribution in [0.1, 0.15) is 16.7 Å². The zero-order valence-electron chi connectivity index (χ0n) is 10.6. The van der Waals surface area contributed by atoms with Crippen LogP contribution in [0.4, 0.5) is 0 Å². The summed E-state index contributed by atoms with van der Waals surface area (Å²) in [5, 5.41) is 0. The van der Waals surface area contributed by atoms with E-state index in [1.807, 2.05) is 26.0 Å². The largest absolute Gasteiger partial charge is 0.252 e. The second-order valence-corrected chi connectivity index (χ2v) is 9.25. The molecular weight excluding hydrogens is 322 g/mol. The summed E-state index contributed by atoms with van der Waals surface area (Å²) in [7, 11) is -3.40. The highest BCUT2D eigenvalue weighted by molar-refractivity contribution is 7.91. The molecule has 0 bridgehead atoms. The number of sulfonamides is 1. The summed E-state index contributed by atoms with van der Waals surface area (Å²) in [6, 6.07) is 7.15. The van der Waals surface area contributed by atoms with Crippen molar-refractivity contribution < 1.29 is 8.42 Å². The molecule has 0 aliphatic rings. The first-order valence-electron chi connectivity index (χ1n) is 5.74. The summed E-state index contributed by atoms with van der Waals surface area (Å²) < 4.78 is 27.5. The van der Waals surface area contributed by atoms with Gasteiger partial charge in [0.25, 0.3) is 10.0 Å². The van der Waals surface area contributed by atoms with E-state index < -0.39 is 10.0 Å². The molecule has 7 heteroatoms. The molecule has 0 fully saturated rings. The van der Waals surface area contributed by atoms with Crippen LogP contribution in [0.2, 0.25) is 4.34 Å². The molecule has 0 saturated carbocycles. The van der Waals surface area contributed by atoms with Gasteiger partial charge in [-0.05, 0) is 31.2 Å². The van der Waals surface area contributed by atoms with Crippen LogP contribution < -0.4 is 0 Å². The number of nitrogens with zero attached hydrogens (tertiary/aromatic N) is 1. The third kappa shape index (κ3) is 3.38. The smallest absolute Gasteiger partial charge is 0.206 e. The van der Waals surface area contributed by atoms with Gasteiger partial charge in [-0.15, -0.1) is 22.7 Å². The van der Waals surface area contributed by atoms with Gasteiger partial charge in [0.2, 0.25) is 0 Å². The molecule has 0 N–H and O–H groups in total. The molecule has 0 spiro atoms. The van der Waals surface area contributed by atoms with E-state index in [1.165, 1.54) is 27.0 Å². The van der Waals surface area contributed by atoms with E-state index >= 15 is 0 Å². The van der Waals surface area contributed by atoms with Crippen LogP contribution in [0.3, 0.4) is 0 Å². The number of halogens is 1. The fraction of sp³-hybridized carbons (Fsp3) is 0.333. The van der Waals surface area contributed by atoms with Crippen molar-refractivity contribution in [1.29, 1.82) is 0 Å². The topological polar surface area (TPSA) is 37.4 Å². The third-order valence-electron chi connectivity index (χ3n) is 2.62. The summed E-state index contributed by atoms with van der Waals surface area (Å²) in [6.07, 6.45) is 0. The minimum absolute atomic E-state index is 0.368. The molecule has 0 aliphatic heterocycles. The number of hydrogen-bond acceptors (Lipinski definition) is 4. The first-order valence-corrected chi connectivity index (χ1v) is 9.19. The molecule has 0 aliphatic carbocycles. The van der Waals surface area contributed by atoms with Gasteiger partial charge in [-0.25, -0.2) is 8.42 Å². The Bertz CT molecular complexity index is 660. The van der Waals surface area contributed by atoms with Crippen LogP contribution in [0, 0.1) is 6.92 Å². The number of aryl methyl sites for hydroxylation is 1. The van der Waals surface area contributed by atoms with Crippen LogP contribution in [-0.4, -0.2) is 19.3 Å². The van der Waals surface area contributed by atoms with Crippen molar-refractivity contribution in [3.8, 4) is 0 Å². The fourth-order valence-electron chi connectivity index (χ4n) is 1.66. The highest BCUT2D eigenvalue weighted by Crippen LogP contribution is 2.28. The Morgan fingerprint density at radius 1 is 1.21 bits per heavy atom. The third-order valence-corrected chi connectivity index (χ3v) is 7.23. The number of hydrogen-bond donors (Lipinski definition) is 0. The van der Waals surface area contributed by atoms with Crippen molar-refractivity contribution in [3.63, 3.8) is 0 Å². The molecule has 2 heterocycles. The van der Waals surface area contributed by atoms with Crippen LogP contribution in [0.25, 0.3) is 0 Å². The standard InChI is InChI=1S/C12H14ClNO2S3/c1-3-14(8-10-5-6-11(13)18-10)19(15,16)12-7-4-9(2)17-12/h4-7H,3,8H2,1-2H3. The summed E-state index contributed by atoms with van der Waals surface area (Å²) in [5.74, 6) is 0. The second kappa shape index (κ2) is 5.93. The molecule has 2 aromatic rings. The molecule has 2 rings (SSSR count). The van der Waals surface area contributed by atoms with Crippen molar-refractivity contribution in [2.45, 2.75) is 24.6 Å². The average molecular weight is 336 g/mol. The van der Waals surface area contributed by atoms with Gasteiger partial charge in [0.1, 0.15) is 4.21 Å². The lowest BCUT2D eigenvalue weighted by Crippen LogP contribution is -2.29. The second-order valence-electron chi connectivity index (χ2n) is 4.00. The Labute approximate surface area is 126 Å². The van der Waals surface area contributed by atoms with Crippen LogP contribution in [0.5, 0.6) is 0 Å². The molecule has 0 atom stereocenters. The predicted octanol–water partition coefficient (Wildman–Crippen LogP) is 3.98. The molecule has 2 aromatic heterocycles. The van der Waals surface area contributed by atoms with Gasteiger partial charge in [-0.1, -0.05) is 18.5 Å². The van der Waals surface area contributed by atoms with Gasteiger partial charge in [-0.3, -0.25) is 0 Å². The minimum Gasteiger partial charge on any atom is -0.206 e. The monoisotopic (exact) mass is 335 g/mol. The lowest BCUT2D eigenvalue weighted by molar-refractivity contribution is 0.428. The Kier molecular flexibility index (Phi) is 4.68. The van der Waals surface area contributed by atoms with Crippen LogP contribution >= 0.6 is 34.3 Å². The maximum Gasteiger partial charge on any atom is 0.252 e. The normalized spacial score (nSPS) is 12.2. The van der Waals surface area contributed by atoms with E-state index in [2.05, 4.69) is 0 Å². The van der Waals surface area contributed by atoms with E-state index in [-0.39, 0.29) is 0 Å². The average Bonchev–Trinajstić information content (AvgIpc) is 2.95. The van der Waals surface area contributed by atoms with Gasteiger partial charge in [0, 0.05) is 22.8 Å². The molecule has 0 unspecified atom stereocenters. The first kappa shape index (κ1) is 15.0. The van der Waals surface area contributed by atoms with E-state index in [1.54, 1.807) is 12.1 Å². The van der Waals surface area contributed by atoms with Crippen molar-refractivity contribution in [1.82, 2.24) is 4.31 Å². The lowest BCUT2D eigenvalue weighted by Gasteiger charge is -2.18. The molecular formula is C12H14ClNO2S3. The summed E-state index contributed by atoms with van der Waals surface area (Å²) in [5.41, 5.74) is 0. The number of thiophene rings is 2. The Balaban J connectivity index is 2.26. The molecule has 104 valence electrons. The van der Waals surface area contributed by atoms with Crippen molar-refractivity contribution in [2.24, 2.45) is 0 Å². The summed E-state index contributed by atoms with van der Waals surface area (Å²) >= 11 is 8.59. The predicted molar refractivity (Wildman–Crippen MR) is 81.7 cm³/mol. The fourth-order valence-corrected chi connectivity index (χ4v) is 5.71. The molecule has 0 saturated heterocycles. The van der Waals surface area contributed by atoms with E-state index in [4.69, 9.17) is 11.6 Å². The van der Waals surface area contributed by atoms with E-state index in [0.717, 1.165) is 9.75 Å². The molecule has 0 amide bonds. The molecule has 3 nitrogen and oxygen atoms in total. The van der Waals surface area contributed by atoms with Gasteiger partial charge in [-0.2, -0.15) is 4.31 Å². The SMILES string of the molecule is CCN(Cc1ccc(Cl)s1)S(=O)(=O)c1ccc(C)s1. The van der Waals surface area contributed by atoms with Crippen molar-refractivity contribution in [3.05, 3.63) is 38.4 Å². The van der Waals surface area contributed by atoms with Crippen molar-refractivity contribution >= 4 is 44.3 Å². The highest BCUT2D eigenvalue weighted by atomic mass is 35.5. The summed E-state index contributed by atoms with van der Waals surface area (Å²) in [4.78, 5) is 1.94. The molecule has 0 radical (unpaired) electrons. The zero-order valence-corrected chi connectivity index (χ0v) is 13.8. The Morgan fingerprint density at radius 2 is 1.95 bits per heavy atom. The maximum atomic E-state index is 12.5. The molecule has 19 heavy (non-hydrogen) atoms. The highest BCUT2D eigenvalue weighted by Gasteiger charge is 2.25.